The molecule has 9 heteroatoms. The average molecular weight is 629 g/mol. The van der Waals surface area contributed by atoms with Gasteiger partial charge in [0.05, 0.1) is 5.75 Å². The number of hydrogen-bond donors (Lipinski definition) is 2. The van der Waals surface area contributed by atoms with Crippen LogP contribution in [0.1, 0.15) is 55.5 Å². The van der Waals surface area contributed by atoms with Crippen molar-refractivity contribution in [2.24, 2.45) is 17.3 Å². The van der Waals surface area contributed by atoms with Crippen molar-refractivity contribution in [3.63, 3.8) is 0 Å². The number of carbonyl (C=O) groups is 2. The monoisotopic (exact) mass is 627 g/mol. The van der Waals surface area contributed by atoms with Crippen LogP contribution in [0, 0.1) is 17.3 Å². The summed E-state index contributed by atoms with van der Waals surface area (Å²) >= 11 is 12.4. The van der Waals surface area contributed by atoms with Gasteiger partial charge in [-0.2, -0.15) is 8.42 Å². The first-order chi connectivity index (χ1) is 19.8. The summed E-state index contributed by atoms with van der Waals surface area (Å²) in [4.78, 5) is 26.2. The Morgan fingerprint density at radius 3 is 2.31 bits per heavy atom. The Morgan fingerprint density at radius 1 is 1.02 bits per heavy atom. The van der Waals surface area contributed by atoms with Gasteiger partial charge in [0, 0.05) is 39.2 Å². The van der Waals surface area contributed by atoms with E-state index in [0.29, 0.717) is 27.7 Å². The zero-order valence-electron chi connectivity index (χ0n) is 23.6. The molecule has 4 rings (SSSR count). The van der Waals surface area contributed by atoms with Crippen LogP contribution in [0.3, 0.4) is 0 Å². The third-order valence-electron chi connectivity index (χ3n) is 7.70. The largest absolute Gasteiger partial charge is 0.326 e. The van der Waals surface area contributed by atoms with Crippen molar-refractivity contribution >= 4 is 50.7 Å². The molecule has 0 spiro atoms. The van der Waals surface area contributed by atoms with E-state index < -0.39 is 15.9 Å². The minimum atomic E-state index is -4.09. The Morgan fingerprint density at radius 2 is 1.71 bits per heavy atom. The molecule has 0 aliphatic heterocycles. The van der Waals surface area contributed by atoms with Gasteiger partial charge in [-0.25, -0.2) is 0 Å². The predicted molar refractivity (Wildman–Crippen MR) is 170 cm³/mol. The number of Topliss-reactive ketones (excluding diaryl/α,β-unsaturated/α-hetero) is 1. The van der Waals surface area contributed by atoms with Crippen molar-refractivity contribution in [1.82, 2.24) is 0 Å². The van der Waals surface area contributed by atoms with E-state index in [-0.39, 0.29) is 41.8 Å². The van der Waals surface area contributed by atoms with Gasteiger partial charge < -0.3 is 5.32 Å². The Balaban J connectivity index is 1.48. The second-order valence-electron chi connectivity index (χ2n) is 11.6. The van der Waals surface area contributed by atoms with Crippen LogP contribution in [0.15, 0.2) is 78.9 Å². The molecule has 1 aliphatic carbocycles. The maximum Gasteiger partial charge on any atom is 0.264 e. The number of carbonyl (C=O) groups excluding carboxylic acids is 2. The van der Waals surface area contributed by atoms with Crippen molar-refractivity contribution in [2.45, 2.75) is 46.0 Å². The van der Waals surface area contributed by atoms with Crippen LogP contribution in [0.25, 0.3) is 11.1 Å². The lowest BCUT2D eigenvalue weighted by atomic mass is 9.73. The van der Waals surface area contributed by atoms with E-state index in [4.69, 9.17) is 27.8 Å². The third-order valence-corrected chi connectivity index (χ3v) is 9.05. The lowest BCUT2D eigenvalue weighted by Gasteiger charge is -2.32. The highest BCUT2D eigenvalue weighted by Gasteiger charge is 2.31. The van der Waals surface area contributed by atoms with Gasteiger partial charge in [-0.1, -0.05) is 91.7 Å². The highest BCUT2D eigenvalue weighted by molar-refractivity contribution is 7.85. The van der Waals surface area contributed by atoms with E-state index in [0.717, 1.165) is 29.5 Å². The molecule has 0 bridgehead atoms. The molecule has 2 atom stereocenters. The Hall–Kier alpha value is -2.97. The van der Waals surface area contributed by atoms with Crippen LogP contribution in [-0.4, -0.2) is 30.4 Å². The van der Waals surface area contributed by atoms with Gasteiger partial charge >= 0.3 is 0 Å². The zero-order chi connectivity index (χ0) is 30.5. The molecule has 3 aromatic carbocycles. The normalized spacial score (nSPS) is 17.0. The van der Waals surface area contributed by atoms with Crippen LogP contribution < -0.4 is 5.32 Å². The summed E-state index contributed by atoms with van der Waals surface area (Å²) in [6.45, 7) is 4.38. The molecule has 1 aliphatic rings. The Bertz CT molecular complexity index is 1560. The molecule has 6 nitrogen and oxygen atoms in total. The molecule has 0 saturated carbocycles. The van der Waals surface area contributed by atoms with Crippen LogP contribution in [0.4, 0.5) is 5.69 Å². The minimum absolute atomic E-state index is 0.0236. The minimum Gasteiger partial charge on any atom is -0.326 e. The number of nitrogens with one attached hydrogen (secondary N) is 1. The second kappa shape index (κ2) is 13.6. The molecule has 2 N–H and O–H groups in total. The number of halogens is 2. The first kappa shape index (κ1) is 32.0. The average Bonchev–Trinajstić information content (AvgIpc) is 2.92. The summed E-state index contributed by atoms with van der Waals surface area (Å²) in [5.41, 5.74) is 3.94. The maximum atomic E-state index is 13.7. The van der Waals surface area contributed by atoms with Gasteiger partial charge in [-0.3, -0.25) is 14.1 Å². The lowest BCUT2D eigenvalue weighted by molar-refractivity contribution is -0.121. The molecular formula is C33H35Cl2NO5S. The maximum absolute atomic E-state index is 13.7. The van der Waals surface area contributed by atoms with E-state index >= 15 is 0 Å². The van der Waals surface area contributed by atoms with E-state index in [1.165, 1.54) is 0 Å². The Kier molecular flexibility index (Phi) is 10.3. The molecule has 222 valence electrons. The van der Waals surface area contributed by atoms with Crippen molar-refractivity contribution in [3.8, 4) is 11.1 Å². The highest BCUT2D eigenvalue weighted by atomic mass is 35.5. The van der Waals surface area contributed by atoms with E-state index in [9.17, 15) is 18.0 Å². The van der Waals surface area contributed by atoms with E-state index in [1.54, 1.807) is 24.3 Å². The second-order valence-corrected chi connectivity index (χ2v) is 14.0. The first-order valence-corrected chi connectivity index (χ1v) is 16.3. The fourth-order valence-electron chi connectivity index (χ4n) is 5.21. The lowest BCUT2D eigenvalue weighted by Crippen LogP contribution is -2.32. The molecule has 2 unspecified atom stereocenters. The van der Waals surface area contributed by atoms with Crippen LogP contribution in [0.5, 0.6) is 0 Å². The van der Waals surface area contributed by atoms with Gasteiger partial charge in [-0.05, 0) is 72.4 Å². The van der Waals surface area contributed by atoms with Crippen LogP contribution in [0.2, 0.25) is 10.0 Å². The summed E-state index contributed by atoms with van der Waals surface area (Å²) in [6, 6.07) is 20.0. The van der Waals surface area contributed by atoms with Crippen molar-refractivity contribution < 1.29 is 22.6 Å². The predicted octanol–water partition coefficient (Wildman–Crippen LogP) is 8.30. The van der Waals surface area contributed by atoms with Gasteiger partial charge in [0.15, 0.2) is 5.78 Å². The Labute approximate surface area is 257 Å². The summed E-state index contributed by atoms with van der Waals surface area (Å²) < 4.78 is 30.7. The van der Waals surface area contributed by atoms with E-state index in [1.807, 2.05) is 42.5 Å². The molecule has 42 heavy (non-hydrogen) atoms. The third kappa shape index (κ3) is 9.01. The standard InChI is InChI=1S/C33H35Cl2NO5S/c1-33(2)17-15-24(16-18-33)29(20-22-5-7-25(8-6-22)31(37)4-3-19-42(39,40)41)32(38)36-27-12-9-23(10-13-27)28-14-11-26(34)21-30(28)35/h5-15,17,21,24,29H,3-4,16,18-20H2,1-2H3,(H,36,38)(H,39,40,41). The summed E-state index contributed by atoms with van der Waals surface area (Å²) in [5.74, 6) is -0.977. The molecular weight excluding hydrogens is 593 g/mol. The van der Waals surface area contributed by atoms with Gasteiger partial charge in [0.2, 0.25) is 5.91 Å². The zero-order valence-corrected chi connectivity index (χ0v) is 26.0. The van der Waals surface area contributed by atoms with Crippen LogP contribution in [-0.2, 0) is 21.3 Å². The van der Waals surface area contributed by atoms with Crippen LogP contribution >= 0.6 is 23.2 Å². The summed E-state index contributed by atoms with van der Waals surface area (Å²) in [5, 5.41) is 4.22. The number of amides is 1. The molecule has 3 aromatic rings. The van der Waals surface area contributed by atoms with E-state index in [2.05, 4.69) is 31.3 Å². The van der Waals surface area contributed by atoms with Gasteiger partial charge in [-0.15, -0.1) is 0 Å². The highest BCUT2D eigenvalue weighted by Crippen LogP contribution is 2.37. The molecule has 0 radical (unpaired) electrons. The molecule has 0 saturated heterocycles. The first-order valence-electron chi connectivity index (χ1n) is 13.9. The van der Waals surface area contributed by atoms with Gasteiger partial charge in [0.25, 0.3) is 10.1 Å². The number of hydrogen-bond acceptors (Lipinski definition) is 4. The molecule has 0 heterocycles. The van der Waals surface area contributed by atoms with Crippen molar-refractivity contribution in [3.05, 3.63) is 100 Å². The number of rotatable bonds is 11. The topological polar surface area (TPSA) is 101 Å². The molecule has 0 fully saturated rings. The fourth-order valence-corrected chi connectivity index (χ4v) is 6.23. The summed E-state index contributed by atoms with van der Waals surface area (Å²) in [7, 11) is -4.09. The number of anilines is 1. The van der Waals surface area contributed by atoms with Crippen molar-refractivity contribution in [1.29, 1.82) is 0 Å². The van der Waals surface area contributed by atoms with Gasteiger partial charge in [0.1, 0.15) is 0 Å². The molecule has 0 aromatic heterocycles. The quantitative estimate of drug-likeness (QED) is 0.126. The number of ketones is 1. The van der Waals surface area contributed by atoms with Crippen molar-refractivity contribution in [2.75, 3.05) is 11.1 Å². The number of allylic oxidation sites excluding steroid dienone is 2. The summed E-state index contributed by atoms with van der Waals surface area (Å²) in [6.07, 6.45) is 6.80. The molecule has 1 amide bonds. The smallest absolute Gasteiger partial charge is 0.264 e. The SMILES string of the molecule is CC1(C)C=CC(C(Cc2ccc(C(=O)CCCS(=O)(=O)O)cc2)C(=O)Nc2ccc(-c3ccc(Cl)cc3Cl)cc2)CC1. The number of benzene rings is 3. The fraction of sp³-hybridized carbons (Fsp3) is 0.333.